The normalized spacial score (nSPS) is 12.4. The molecule has 0 bridgehead atoms. The third kappa shape index (κ3) is 21.1. The van der Waals surface area contributed by atoms with Gasteiger partial charge in [0.2, 0.25) is 11.9 Å². The van der Waals surface area contributed by atoms with E-state index >= 15 is 4.39 Å². The number of carbonyl (C=O) groups is 4. The Morgan fingerprint density at radius 3 is 2.00 bits per heavy atom. The number of ether oxygens (including phenoxy) is 6. The molecule has 314 valence electrons. The molecule has 2 rings (SSSR count). The molecule has 1 aromatic heterocycles. The zero-order valence-corrected chi connectivity index (χ0v) is 34.0. The van der Waals surface area contributed by atoms with Crippen LogP contribution in [0, 0.1) is 11.2 Å². The van der Waals surface area contributed by atoms with E-state index < -0.39 is 46.5 Å². The smallest absolute Gasteiger partial charge is 0.329 e. The maximum Gasteiger partial charge on any atom is 0.329 e. The second-order valence-electron chi connectivity index (χ2n) is 14.9. The second-order valence-corrected chi connectivity index (χ2v) is 16.1. The van der Waals surface area contributed by atoms with Crippen molar-refractivity contribution in [3.8, 4) is 5.75 Å². The van der Waals surface area contributed by atoms with Crippen molar-refractivity contribution in [2.45, 2.75) is 83.8 Å². The maximum absolute atomic E-state index is 15.1. The van der Waals surface area contributed by atoms with Crippen LogP contribution in [0.1, 0.15) is 78.1 Å². The van der Waals surface area contributed by atoms with E-state index in [4.69, 9.17) is 33.5 Å². The molecular formula is C37H56FN5O12S. The van der Waals surface area contributed by atoms with E-state index in [0.29, 0.717) is 12.8 Å². The Hall–Kier alpha value is -4.30. The van der Waals surface area contributed by atoms with Gasteiger partial charge in [0.25, 0.3) is 5.91 Å². The maximum atomic E-state index is 15.1. The summed E-state index contributed by atoms with van der Waals surface area (Å²) in [6.45, 7) is 14.1. The molecule has 1 atom stereocenters. The molecule has 56 heavy (non-hydrogen) atoms. The molecule has 0 radical (unpaired) electrons. The number of aromatic nitrogens is 2. The Morgan fingerprint density at radius 2 is 1.41 bits per heavy atom. The summed E-state index contributed by atoms with van der Waals surface area (Å²) in [6.07, 6.45) is 3.83. The van der Waals surface area contributed by atoms with Crippen molar-refractivity contribution in [1.82, 2.24) is 20.6 Å². The van der Waals surface area contributed by atoms with Crippen molar-refractivity contribution < 1.29 is 61.3 Å². The highest BCUT2D eigenvalue weighted by atomic mass is 32.2. The number of esters is 1. The summed E-state index contributed by atoms with van der Waals surface area (Å²) in [4.78, 5) is 54.9. The molecule has 0 spiro atoms. The molecule has 2 aromatic rings. The molecule has 1 aromatic carbocycles. The van der Waals surface area contributed by atoms with E-state index in [9.17, 15) is 23.4 Å². The Kier molecular flexibility index (Phi) is 20.2. The minimum atomic E-state index is -1.93. The summed E-state index contributed by atoms with van der Waals surface area (Å²) in [7, 11) is -1.93. The summed E-state index contributed by atoms with van der Waals surface area (Å²) in [5.41, 5.74) is -1.50. The zero-order valence-electron chi connectivity index (χ0n) is 33.2. The van der Waals surface area contributed by atoms with Gasteiger partial charge in [-0.1, -0.05) is 13.8 Å². The van der Waals surface area contributed by atoms with Crippen LogP contribution in [0.15, 0.2) is 35.5 Å². The van der Waals surface area contributed by atoms with Crippen LogP contribution >= 0.6 is 0 Å². The predicted octanol–water partition coefficient (Wildman–Crippen LogP) is 3.44. The van der Waals surface area contributed by atoms with Crippen molar-refractivity contribution >= 4 is 40.7 Å². The van der Waals surface area contributed by atoms with Crippen LogP contribution in [0.2, 0.25) is 0 Å². The lowest BCUT2D eigenvalue weighted by Gasteiger charge is -2.35. The number of rotatable bonds is 27. The minimum Gasteiger partial charge on any atom is -0.485 e. The minimum absolute atomic E-state index is 0.00968. The van der Waals surface area contributed by atoms with Crippen LogP contribution in [0.3, 0.4) is 0 Å². The van der Waals surface area contributed by atoms with Gasteiger partial charge in [0.1, 0.15) is 24.4 Å². The number of carboxylic acid groups (broad SMARTS) is 1. The summed E-state index contributed by atoms with van der Waals surface area (Å²) < 4.78 is 62.7. The van der Waals surface area contributed by atoms with Crippen molar-refractivity contribution in [3.63, 3.8) is 0 Å². The van der Waals surface area contributed by atoms with Crippen molar-refractivity contribution in [3.05, 3.63) is 42.0 Å². The third-order valence-electron chi connectivity index (χ3n) is 7.24. The van der Waals surface area contributed by atoms with Crippen molar-refractivity contribution in [2.75, 3.05) is 70.7 Å². The molecule has 0 aliphatic heterocycles. The highest BCUT2D eigenvalue weighted by Crippen LogP contribution is 2.36. The first-order valence-corrected chi connectivity index (χ1v) is 19.2. The zero-order chi connectivity index (χ0) is 41.8. The largest absolute Gasteiger partial charge is 0.485 e. The predicted molar refractivity (Wildman–Crippen MR) is 203 cm³/mol. The highest BCUT2D eigenvalue weighted by Gasteiger charge is 2.32. The van der Waals surface area contributed by atoms with E-state index in [1.54, 1.807) is 0 Å². The number of aliphatic carboxylic acids is 1. The first kappa shape index (κ1) is 47.9. The van der Waals surface area contributed by atoms with Gasteiger partial charge in [0.15, 0.2) is 22.6 Å². The summed E-state index contributed by atoms with van der Waals surface area (Å²) in [5.74, 6) is -2.89. The molecule has 0 aliphatic rings. The number of benzene rings is 1. The Bertz CT molecular complexity index is 1590. The molecule has 4 N–H and O–H groups in total. The Labute approximate surface area is 329 Å². The lowest BCUT2D eigenvalue weighted by atomic mass is 9.78. The molecule has 0 fully saturated rings. The number of carboxylic acids is 1. The molecule has 0 saturated heterocycles. The fourth-order valence-electron chi connectivity index (χ4n) is 5.14. The number of anilines is 1. The van der Waals surface area contributed by atoms with E-state index in [1.807, 2.05) is 48.5 Å². The number of hydrogen-bond donors (Lipinski definition) is 4. The van der Waals surface area contributed by atoms with E-state index in [0.717, 1.165) is 6.07 Å². The van der Waals surface area contributed by atoms with Crippen LogP contribution in [0.5, 0.6) is 5.75 Å². The van der Waals surface area contributed by atoms with E-state index in [1.165, 1.54) is 24.5 Å². The standard InChI is InChI=1S/C37H56FN5O12S/c1-35(2,3)55-32(47)10-11-36(4,5)25-37(6,7)54-29-9-8-27(20-28(29)38)56(49)43-34-41-21-26(22-42-34)33(48)40-13-15-51-16-18-52-23-30(44)39-12-14-50-17-19-53-24-31(45)46/h8-9,20-22H,10-19,23-25H2,1-7H3,(H,39,44)(H,40,48)(H,45,46)(H,41,42,43). The Balaban J connectivity index is 1.67. The first-order valence-electron chi connectivity index (χ1n) is 18.0. The molecule has 1 heterocycles. The topological polar surface area (TPSA) is 223 Å². The summed E-state index contributed by atoms with van der Waals surface area (Å²) >= 11 is 0. The van der Waals surface area contributed by atoms with Gasteiger partial charge in [-0.05, 0) is 71.1 Å². The number of nitrogens with zero attached hydrogens (tertiary/aromatic N) is 2. The van der Waals surface area contributed by atoms with Crippen LogP contribution in [-0.4, -0.2) is 120 Å². The van der Waals surface area contributed by atoms with Gasteiger partial charge in [0, 0.05) is 31.9 Å². The van der Waals surface area contributed by atoms with Gasteiger partial charge in [-0.2, -0.15) is 0 Å². The molecule has 1 unspecified atom stereocenters. The number of nitrogens with one attached hydrogen (secondary N) is 3. The van der Waals surface area contributed by atoms with Gasteiger partial charge < -0.3 is 44.2 Å². The molecule has 2 amide bonds. The number of hydrogen-bond acceptors (Lipinski definition) is 13. The molecule has 0 saturated carbocycles. The monoisotopic (exact) mass is 813 g/mol. The van der Waals surface area contributed by atoms with Crippen LogP contribution in [0.25, 0.3) is 0 Å². The van der Waals surface area contributed by atoms with E-state index in [2.05, 4.69) is 25.3 Å². The van der Waals surface area contributed by atoms with Gasteiger partial charge >= 0.3 is 11.9 Å². The van der Waals surface area contributed by atoms with Crippen LogP contribution in [-0.2, 0) is 49.1 Å². The molecular weight excluding hydrogens is 757 g/mol. The highest BCUT2D eigenvalue weighted by molar-refractivity contribution is 7.86. The van der Waals surface area contributed by atoms with E-state index in [-0.39, 0.29) is 105 Å². The lowest BCUT2D eigenvalue weighted by molar-refractivity contribution is -0.155. The first-order chi connectivity index (χ1) is 26.2. The number of carbonyl (C=O) groups excluding carboxylic acids is 3. The fourth-order valence-corrected chi connectivity index (χ4v) is 5.93. The molecule has 17 nitrogen and oxygen atoms in total. The van der Waals surface area contributed by atoms with Crippen molar-refractivity contribution in [1.29, 1.82) is 0 Å². The number of amides is 2. The number of halogens is 1. The van der Waals surface area contributed by atoms with Gasteiger partial charge in [-0.15, -0.1) is 0 Å². The van der Waals surface area contributed by atoms with Gasteiger partial charge in [-0.3, -0.25) is 19.1 Å². The second kappa shape index (κ2) is 23.7. The van der Waals surface area contributed by atoms with Gasteiger partial charge in [0.05, 0.1) is 50.1 Å². The average molecular weight is 814 g/mol. The third-order valence-corrected chi connectivity index (χ3v) is 8.29. The SMILES string of the molecule is CC(C)(CCC(=O)OC(C)(C)C)CC(C)(C)Oc1ccc(S(=O)Nc2ncc(C(=O)NCCOCCOCC(=O)NCCOCCOCC(=O)O)cn2)cc1F. The van der Waals surface area contributed by atoms with Crippen LogP contribution < -0.4 is 20.1 Å². The summed E-state index contributed by atoms with van der Waals surface area (Å²) in [6, 6.07) is 3.96. The van der Waals surface area contributed by atoms with Crippen molar-refractivity contribution in [2.24, 2.45) is 5.41 Å². The summed E-state index contributed by atoms with van der Waals surface area (Å²) in [5, 5.41) is 13.7. The van der Waals surface area contributed by atoms with Crippen LogP contribution in [0.4, 0.5) is 10.3 Å². The fraction of sp³-hybridized carbons (Fsp3) is 0.622. The molecule has 19 heteroatoms. The Morgan fingerprint density at radius 1 is 0.821 bits per heavy atom. The molecule has 0 aliphatic carbocycles. The average Bonchev–Trinajstić information content (AvgIpc) is 3.09. The quantitative estimate of drug-likeness (QED) is 0.0750. The lowest BCUT2D eigenvalue weighted by Crippen LogP contribution is -2.35. The van der Waals surface area contributed by atoms with Gasteiger partial charge in [-0.25, -0.2) is 23.4 Å².